The molecule has 16 heavy (non-hydrogen) atoms. The van der Waals surface area contributed by atoms with E-state index in [0.29, 0.717) is 17.1 Å². The van der Waals surface area contributed by atoms with Gasteiger partial charge in [0.2, 0.25) is 0 Å². The Hall–Kier alpha value is -0.770. The number of rotatable bonds is 3. The third kappa shape index (κ3) is 4.00. The molecule has 0 fully saturated rings. The zero-order valence-corrected chi connectivity index (χ0v) is 10.9. The van der Waals surface area contributed by atoms with Crippen LogP contribution in [0.2, 0.25) is 5.02 Å². The van der Waals surface area contributed by atoms with Gasteiger partial charge in [0.1, 0.15) is 0 Å². The van der Waals surface area contributed by atoms with Gasteiger partial charge in [-0.1, -0.05) is 17.7 Å². The molecule has 0 heterocycles. The molecule has 1 aromatic rings. The van der Waals surface area contributed by atoms with Crippen LogP contribution in [-0.4, -0.2) is 18.5 Å². The van der Waals surface area contributed by atoms with Gasteiger partial charge in [-0.25, -0.2) is 0 Å². The second-order valence-corrected chi connectivity index (χ2v) is 3.98. The van der Waals surface area contributed by atoms with Gasteiger partial charge in [0.25, 0.3) is 5.91 Å². The summed E-state index contributed by atoms with van der Waals surface area (Å²) >= 11 is 5.92. The highest BCUT2D eigenvalue weighted by Crippen LogP contribution is 2.16. The van der Waals surface area contributed by atoms with Gasteiger partial charge in [-0.2, -0.15) is 0 Å². The van der Waals surface area contributed by atoms with E-state index in [-0.39, 0.29) is 24.4 Å². The monoisotopic (exact) mass is 262 g/mol. The standard InChI is InChI=1S/C11H15ClN2O.ClH/c1-7-3-4-9(5-10(7)12)11(15)14-8(2)6-13;/h3-5,8H,6,13H2,1-2H3,(H,14,15);1H/t8-;/m1./s1. The minimum atomic E-state index is -0.144. The first-order chi connectivity index (χ1) is 7.04. The summed E-state index contributed by atoms with van der Waals surface area (Å²) in [4.78, 5) is 11.7. The van der Waals surface area contributed by atoms with Crippen molar-refractivity contribution in [1.29, 1.82) is 0 Å². The summed E-state index contributed by atoms with van der Waals surface area (Å²) < 4.78 is 0. The molecule has 0 aromatic heterocycles. The molecule has 1 atom stereocenters. The molecule has 3 nitrogen and oxygen atoms in total. The smallest absolute Gasteiger partial charge is 0.251 e. The van der Waals surface area contributed by atoms with Gasteiger partial charge in [0.15, 0.2) is 0 Å². The summed E-state index contributed by atoms with van der Waals surface area (Å²) in [7, 11) is 0. The second-order valence-electron chi connectivity index (χ2n) is 3.57. The second kappa shape index (κ2) is 6.74. The molecule has 0 unspecified atom stereocenters. The molecule has 3 N–H and O–H groups in total. The molecule has 0 spiro atoms. The van der Waals surface area contributed by atoms with Crippen LogP contribution < -0.4 is 11.1 Å². The Labute approximate surface area is 107 Å². The van der Waals surface area contributed by atoms with E-state index in [4.69, 9.17) is 17.3 Å². The first kappa shape index (κ1) is 15.2. The molecular formula is C11H16Cl2N2O. The fourth-order valence-electron chi connectivity index (χ4n) is 1.10. The van der Waals surface area contributed by atoms with Crippen molar-refractivity contribution >= 4 is 29.9 Å². The van der Waals surface area contributed by atoms with E-state index in [1.807, 2.05) is 19.9 Å². The van der Waals surface area contributed by atoms with Crippen molar-refractivity contribution < 1.29 is 4.79 Å². The Morgan fingerprint density at radius 3 is 2.69 bits per heavy atom. The third-order valence-electron chi connectivity index (χ3n) is 2.17. The molecule has 5 heteroatoms. The first-order valence-corrected chi connectivity index (χ1v) is 5.19. The molecule has 0 aliphatic heterocycles. The number of benzene rings is 1. The van der Waals surface area contributed by atoms with E-state index >= 15 is 0 Å². The highest BCUT2D eigenvalue weighted by atomic mass is 35.5. The molecule has 0 aliphatic carbocycles. The van der Waals surface area contributed by atoms with Gasteiger partial charge in [0, 0.05) is 23.2 Å². The maximum absolute atomic E-state index is 11.7. The average molecular weight is 263 g/mol. The fourth-order valence-corrected chi connectivity index (χ4v) is 1.28. The van der Waals surface area contributed by atoms with E-state index in [9.17, 15) is 4.79 Å². The number of halogens is 2. The van der Waals surface area contributed by atoms with E-state index in [2.05, 4.69) is 5.32 Å². The van der Waals surface area contributed by atoms with Gasteiger partial charge in [-0.15, -0.1) is 12.4 Å². The van der Waals surface area contributed by atoms with Crippen molar-refractivity contribution in [2.24, 2.45) is 5.73 Å². The molecule has 0 bridgehead atoms. The van der Waals surface area contributed by atoms with Crippen molar-refractivity contribution in [3.63, 3.8) is 0 Å². The minimum Gasteiger partial charge on any atom is -0.348 e. The van der Waals surface area contributed by atoms with Crippen LogP contribution in [-0.2, 0) is 0 Å². The maximum atomic E-state index is 11.7. The lowest BCUT2D eigenvalue weighted by Crippen LogP contribution is -2.37. The molecule has 0 saturated carbocycles. The van der Waals surface area contributed by atoms with Crippen molar-refractivity contribution in [3.8, 4) is 0 Å². The van der Waals surface area contributed by atoms with Crippen molar-refractivity contribution in [3.05, 3.63) is 34.3 Å². The Morgan fingerprint density at radius 1 is 1.56 bits per heavy atom. The molecule has 1 amide bonds. The largest absolute Gasteiger partial charge is 0.348 e. The van der Waals surface area contributed by atoms with Gasteiger partial charge in [-0.05, 0) is 31.5 Å². The fraction of sp³-hybridized carbons (Fsp3) is 0.364. The predicted molar refractivity (Wildman–Crippen MR) is 69.4 cm³/mol. The summed E-state index contributed by atoms with van der Waals surface area (Å²) in [6, 6.07) is 5.21. The number of carbonyl (C=O) groups is 1. The number of hydrogen-bond acceptors (Lipinski definition) is 2. The molecule has 0 saturated heterocycles. The maximum Gasteiger partial charge on any atom is 0.251 e. The van der Waals surface area contributed by atoms with Crippen LogP contribution in [0.15, 0.2) is 18.2 Å². The topological polar surface area (TPSA) is 55.1 Å². The van der Waals surface area contributed by atoms with Crippen molar-refractivity contribution in [2.45, 2.75) is 19.9 Å². The molecular weight excluding hydrogens is 247 g/mol. The highest BCUT2D eigenvalue weighted by Gasteiger charge is 2.09. The molecule has 0 aliphatic rings. The number of carbonyl (C=O) groups excluding carboxylic acids is 1. The Kier molecular flexibility index (Phi) is 6.41. The summed E-state index contributed by atoms with van der Waals surface area (Å²) in [6.07, 6.45) is 0. The zero-order valence-electron chi connectivity index (χ0n) is 9.29. The van der Waals surface area contributed by atoms with Crippen LogP contribution in [0.1, 0.15) is 22.8 Å². The van der Waals surface area contributed by atoms with Gasteiger partial charge < -0.3 is 11.1 Å². The normalized spacial score (nSPS) is 11.5. The predicted octanol–water partition coefficient (Wildman–Crippen LogP) is 2.15. The van der Waals surface area contributed by atoms with Crippen molar-refractivity contribution in [1.82, 2.24) is 5.32 Å². The van der Waals surface area contributed by atoms with Crippen LogP contribution >= 0.6 is 24.0 Å². The van der Waals surface area contributed by atoms with Gasteiger partial charge in [0.05, 0.1) is 0 Å². The van der Waals surface area contributed by atoms with E-state index < -0.39 is 0 Å². The van der Waals surface area contributed by atoms with Crippen LogP contribution in [0, 0.1) is 6.92 Å². The lowest BCUT2D eigenvalue weighted by Gasteiger charge is -2.11. The number of nitrogens with one attached hydrogen (secondary N) is 1. The first-order valence-electron chi connectivity index (χ1n) is 4.81. The Balaban J connectivity index is 0.00000225. The summed E-state index contributed by atoms with van der Waals surface area (Å²) in [5.41, 5.74) is 6.93. The number of nitrogens with two attached hydrogens (primary N) is 1. The van der Waals surface area contributed by atoms with Crippen molar-refractivity contribution in [2.75, 3.05) is 6.54 Å². The van der Waals surface area contributed by atoms with Gasteiger partial charge in [-0.3, -0.25) is 4.79 Å². The van der Waals surface area contributed by atoms with Crippen LogP contribution in [0.25, 0.3) is 0 Å². The lowest BCUT2D eigenvalue weighted by molar-refractivity contribution is 0.0941. The Bertz CT molecular complexity index is 369. The van der Waals surface area contributed by atoms with Gasteiger partial charge >= 0.3 is 0 Å². The lowest BCUT2D eigenvalue weighted by atomic mass is 10.1. The molecule has 1 rings (SSSR count). The summed E-state index contributed by atoms with van der Waals surface area (Å²) in [5, 5.41) is 3.37. The quantitative estimate of drug-likeness (QED) is 0.877. The Morgan fingerprint density at radius 2 is 2.19 bits per heavy atom. The SMILES string of the molecule is Cc1ccc(C(=O)N[C@H](C)CN)cc1Cl.Cl. The average Bonchev–Trinajstić information content (AvgIpc) is 2.21. The molecule has 90 valence electrons. The minimum absolute atomic E-state index is 0. The summed E-state index contributed by atoms with van der Waals surface area (Å²) in [5.74, 6) is -0.144. The number of amides is 1. The van der Waals surface area contributed by atoms with Crippen LogP contribution in [0.4, 0.5) is 0 Å². The van der Waals surface area contributed by atoms with E-state index in [0.717, 1.165) is 5.56 Å². The third-order valence-corrected chi connectivity index (χ3v) is 2.57. The zero-order chi connectivity index (χ0) is 11.4. The van der Waals surface area contributed by atoms with E-state index in [1.54, 1.807) is 12.1 Å². The van der Waals surface area contributed by atoms with Crippen LogP contribution in [0.3, 0.4) is 0 Å². The highest BCUT2D eigenvalue weighted by molar-refractivity contribution is 6.31. The number of hydrogen-bond donors (Lipinski definition) is 2. The summed E-state index contributed by atoms with van der Waals surface area (Å²) in [6.45, 7) is 4.17. The number of aryl methyl sites for hydroxylation is 1. The molecule has 0 radical (unpaired) electrons. The molecule has 1 aromatic carbocycles. The van der Waals surface area contributed by atoms with E-state index in [1.165, 1.54) is 0 Å². The van der Waals surface area contributed by atoms with Crippen LogP contribution in [0.5, 0.6) is 0 Å².